The van der Waals surface area contributed by atoms with Crippen molar-refractivity contribution in [1.82, 2.24) is 4.98 Å². The number of hydrogen-bond acceptors (Lipinski definition) is 9. The number of benzene rings is 1. The van der Waals surface area contributed by atoms with E-state index in [2.05, 4.69) is 19.6 Å². The fourth-order valence-electron chi connectivity index (χ4n) is 2.20. The molecule has 5 N–H and O–H groups in total. The first-order valence-electron chi connectivity index (χ1n) is 7.02. The molecule has 1 aromatic carbocycles. The zero-order chi connectivity index (χ0) is 19.3. The third-order valence-corrected chi connectivity index (χ3v) is 3.26. The minimum atomic E-state index is -1.85. The van der Waals surface area contributed by atoms with Gasteiger partial charge in [0.05, 0.1) is 11.2 Å². The van der Waals surface area contributed by atoms with Crippen molar-refractivity contribution in [3.05, 3.63) is 36.0 Å². The van der Waals surface area contributed by atoms with Crippen molar-refractivity contribution >= 4 is 40.8 Å². The summed E-state index contributed by atoms with van der Waals surface area (Å²) in [5.74, 6) is -3.36. The minimum Gasteiger partial charge on any atom is -0.449 e. The van der Waals surface area contributed by atoms with Crippen LogP contribution in [0.3, 0.4) is 0 Å². The molecule has 0 aliphatic heterocycles. The number of carbonyl (C=O) groups excluding carboxylic acids is 1. The molecule has 136 valence electrons. The summed E-state index contributed by atoms with van der Waals surface area (Å²) in [5.41, 5.74) is 6.68. The number of carboxylic acid groups (broad SMARTS) is 2. The van der Waals surface area contributed by atoms with Crippen LogP contribution in [0.15, 0.2) is 35.5 Å². The maximum atomic E-state index is 12.1. The van der Waals surface area contributed by atoms with E-state index < -0.39 is 36.5 Å². The fraction of sp³-hybridized carbons (Fsp3) is 0.133. The lowest BCUT2D eigenvalue weighted by Crippen LogP contribution is -2.24. The highest BCUT2D eigenvalue weighted by Gasteiger charge is 2.29. The summed E-state index contributed by atoms with van der Waals surface area (Å²) in [5, 5.41) is 29.4. The molecule has 1 atom stereocenters. The molecule has 2 rings (SSSR count). The molecule has 11 heteroatoms. The monoisotopic (exact) mass is 363 g/mol. The van der Waals surface area contributed by atoms with E-state index in [1.165, 1.54) is 6.07 Å². The molecule has 1 unspecified atom stereocenters. The van der Waals surface area contributed by atoms with E-state index >= 15 is 0 Å². The number of fused-ring (bicyclic) bond motifs is 1. The van der Waals surface area contributed by atoms with Crippen LogP contribution in [0.2, 0.25) is 0 Å². The number of rotatable bonds is 4. The molecule has 1 aromatic heterocycles. The van der Waals surface area contributed by atoms with E-state index in [1.807, 2.05) is 0 Å². The van der Waals surface area contributed by atoms with E-state index in [9.17, 15) is 14.4 Å². The van der Waals surface area contributed by atoms with E-state index in [1.54, 1.807) is 24.3 Å². The van der Waals surface area contributed by atoms with Gasteiger partial charge in [-0.1, -0.05) is 11.2 Å². The number of nitrogens with two attached hydrogens (primary N) is 1. The number of esters is 1. The highest BCUT2D eigenvalue weighted by atomic mass is 16.7. The third kappa shape index (κ3) is 4.56. The number of hydrogen-bond donors (Lipinski definition) is 4. The summed E-state index contributed by atoms with van der Waals surface area (Å²) >= 11 is 0. The van der Waals surface area contributed by atoms with Crippen LogP contribution in [0, 0.1) is 0 Å². The van der Waals surface area contributed by atoms with Crippen molar-refractivity contribution in [2.75, 3.05) is 5.73 Å². The van der Waals surface area contributed by atoms with Gasteiger partial charge in [0.2, 0.25) is 5.90 Å². The molecule has 0 bridgehead atoms. The van der Waals surface area contributed by atoms with Gasteiger partial charge in [-0.25, -0.2) is 9.59 Å². The molecule has 0 fully saturated rings. The first-order chi connectivity index (χ1) is 12.3. The Morgan fingerprint density at radius 2 is 1.81 bits per heavy atom. The molecule has 0 radical (unpaired) electrons. The van der Waals surface area contributed by atoms with Crippen molar-refractivity contribution in [3.8, 4) is 0 Å². The SMILES string of the molecule is Nc1ccc2nc(C(C/C(=N\O)OC(=O)O)C(=O)OC(=O)O)ccc2c1. The standard InChI is InChI=1S/C15H13N3O8/c16-8-2-4-10-7(5-8)1-3-11(17-10)9(13(19)26-15(22)23)6-12(18-24)25-14(20)21/h1-5,9,24H,6,16H2,(H,20,21)(H,22,23)/b18-12+. The Kier molecular flexibility index (Phi) is 5.53. The van der Waals surface area contributed by atoms with Crippen LogP contribution in [0.5, 0.6) is 0 Å². The number of oxime groups is 1. The maximum Gasteiger partial charge on any atom is 0.513 e. The van der Waals surface area contributed by atoms with E-state index in [0.717, 1.165) is 0 Å². The van der Waals surface area contributed by atoms with Gasteiger partial charge in [-0.2, -0.15) is 0 Å². The predicted molar refractivity (Wildman–Crippen MR) is 86.0 cm³/mol. The van der Waals surface area contributed by atoms with Gasteiger partial charge in [0.25, 0.3) is 0 Å². The van der Waals surface area contributed by atoms with Crippen molar-refractivity contribution in [2.24, 2.45) is 5.16 Å². The summed E-state index contributed by atoms with van der Waals surface area (Å²) in [6.45, 7) is 0. The summed E-state index contributed by atoms with van der Waals surface area (Å²) < 4.78 is 8.35. The largest absolute Gasteiger partial charge is 0.513 e. The molecule has 0 saturated carbocycles. The van der Waals surface area contributed by atoms with Crippen LogP contribution in [0.1, 0.15) is 18.0 Å². The Balaban J connectivity index is 2.42. The number of ether oxygens (including phenoxy) is 2. The maximum absolute atomic E-state index is 12.1. The topological polar surface area (TPSA) is 182 Å². The van der Waals surface area contributed by atoms with Crippen LogP contribution in [0.25, 0.3) is 10.9 Å². The van der Waals surface area contributed by atoms with Crippen LogP contribution in [-0.2, 0) is 14.3 Å². The summed E-state index contributed by atoms with van der Waals surface area (Å²) in [7, 11) is 0. The second-order valence-corrected chi connectivity index (χ2v) is 4.99. The highest BCUT2D eigenvalue weighted by molar-refractivity contribution is 5.93. The molecule has 11 nitrogen and oxygen atoms in total. The van der Waals surface area contributed by atoms with Gasteiger partial charge in [-0.3, -0.25) is 9.78 Å². The van der Waals surface area contributed by atoms with E-state index in [4.69, 9.17) is 21.2 Å². The lowest BCUT2D eigenvalue weighted by atomic mass is 9.99. The summed E-state index contributed by atoms with van der Waals surface area (Å²) in [6, 6.07) is 7.80. The first kappa shape index (κ1) is 18.4. The Hall–Kier alpha value is -3.89. The lowest BCUT2D eigenvalue weighted by molar-refractivity contribution is -0.140. The Morgan fingerprint density at radius 1 is 1.12 bits per heavy atom. The van der Waals surface area contributed by atoms with Crippen LogP contribution < -0.4 is 5.73 Å². The number of nitrogen functional groups attached to an aromatic ring is 1. The number of anilines is 1. The molecule has 0 saturated heterocycles. The molecular weight excluding hydrogens is 350 g/mol. The predicted octanol–water partition coefficient (Wildman–Crippen LogP) is 1.99. The van der Waals surface area contributed by atoms with Crippen molar-refractivity contribution in [3.63, 3.8) is 0 Å². The molecule has 26 heavy (non-hydrogen) atoms. The molecule has 0 spiro atoms. The van der Waals surface area contributed by atoms with Gasteiger partial charge in [0.1, 0.15) is 5.92 Å². The van der Waals surface area contributed by atoms with E-state index in [-0.39, 0.29) is 5.69 Å². The third-order valence-electron chi connectivity index (χ3n) is 3.26. The van der Waals surface area contributed by atoms with Gasteiger partial charge >= 0.3 is 18.3 Å². The van der Waals surface area contributed by atoms with Gasteiger partial charge in [0.15, 0.2) is 0 Å². The van der Waals surface area contributed by atoms with Gasteiger partial charge in [-0.05, 0) is 24.3 Å². The van der Waals surface area contributed by atoms with E-state index in [0.29, 0.717) is 16.6 Å². The average molecular weight is 363 g/mol. The normalized spacial score (nSPS) is 12.4. The molecule has 0 amide bonds. The van der Waals surface area contributed by atoms with Crippen molar-refractivity contribution in [2.45, 2.75) is 12.3 Å². The number of pyridine rings is 1. The molecular formula is C15H13N3O8. The van der Waals surface area contributed by atoms with Crippen molar-refractivity contribution < 1.29 is 39.3 Å². The molecule has 1 heterocycles. The van der Waals surface area contributed by atoms with Gasteiger partial charge < -0.3 is 30.6 Å². The summed E-state index contributed by atoms with van der Waals surface area (Å²) in [4.78, 5) is 37.5. The van der Waals surface area contributed by atoms with Crippen LogP contribution in [0.4, 0.5) is 15.3 Å². The molecule has 2 aromatic rings. The van der Waals surface area contributed by atoms with Gasteiger partial charge in [0, 0.05) is 17.5 Å². The smallest absolute Gasteiger partial charge is 0.449 e. The second kappa shape index (κ2) is 7.79. The van der Waals surface area contributed by atoms with Crippen LogP contribution >= 0.6 is 0 Å². The second-order valence-electron chi connectivity index (χ2n) is 4.99. The Labute approximate surface area is 145 Å². The fourth-order valence-corrected chi connectivity index (χ4v) is 2.20. The average Bonchev–Trinajstić information content (AvgIpc) is 2.57. The first-order valence-corrected chi connectivity index (χ1v) is 7.02. The zero-order valence-electron chi connectivity index (χ0n) is 13.0. The Morgan fingerprint density at radius 3 is 2.42 bits per heavy atom. The number of carbonyl (C=O) groups is 3. The highest BCUT2D eigenvalue weighted by Crippen LogP contribution is 2.24. The van der Waals surface area contributed by atoms with Gasteiger partial charge in [-0.15, -0.1) is 0 Å². The Bertz CT molecular complexity index is 896. The number of aromatic nitrogens is 1. The number of nitrogens with zero attached hydrogens (tertiary/aromatic N) is 2. The van der Waals surface area contributed by atoms with Crippen LogP contribution in [-0.4, -0.2) is 44.6 Å². The quantitative estimate of drug-likeness (QED) is 0.119. The summed E-state index contributed by atoms with van der Waals surface area (Å²) in [6.07, 6.45) is -4.22. The molecule has 0 aliphatic rings. The minimum absolute atomic E-state index is 0.0589. The zero-order valence-corrected chi connectivity index (χ0v) is 13.0. The lowest BCUT2D eigenvalue weighted by Gasteiger charge is -2.14. The molecule has 0 aliphatic carbocycles. The van der Waals surface area contributed by atoms with Crippen molar-refractivity contribution in [1.29, 1.82) is 0 Å².